The Hall–Kier alpha value is -1.84. The largest absolute Gasteiger partial charge is 0.383 e. The van der Waals surface area contributed by atoms with Crippen molar-refractivity contribution in [1.29, 1.82) is 0 Å². The van der Waals surface area contributed by atoms with Crippen LogP contribution in [0.4, 0.5) is 11.8 Å². The van der Waals surface area contributed by atoms with Gasteiger partial charge in [0.2, 0.25) is 5.95 Å². The van der Waals surface area contributed by atoms with Crippen molar-refractivity contribution in [3.05, 3.63) is 24.4 Å². The lowest BCUT2D eigenvalue weighted by Crippen LogP contribution is -1.97. The van der Waals surface area contributed by atoms with Crippen LogP contribution in [-0.4, -0.2) is 16.3 Å². The molecule has 0 amide bonds. The Bertz CT molecular complexity index is 374. The number of aromatic nitrogens is 2. The molecule has 0 spiro atoms. The van der Waals surface area contributed by atoms with Crippen LogP contribution >= 0.6 is 0 Å². The van der Waals surface area contributed by atoms with Crippen LogP contribution in [0, 0.1) is 0 Å². The molecule has 2 N–H and O–H groups in total. The number of nitrogens with two attached hydrogens (primary N) is 1. The van der Waals surface area contributed by atoms with Crippen LogP contribution < -0.4 is 5.73 Å². The zero-order chi connectivity index (χ0) is 10.6. The minimum atomic E-state index is 0.512. The first-order valence-corrected chi connectivity index (χ1v) is 4.31. The molecular formula is C10H14N4. The number of nitrogens with zero attached hydrogens (tertiary/aromatic N) is 3. The molecule has 0 aromatic carbocycles. The summed E-state index contributed by atoms with van der Waals surface area (Å²) < 4.78 is 1.70. The molecule has 0 saturated heterocycles. The Morgan fingerprint density at radius 1 is 1.64 bits per heavy atom. The summed E-state index contributed by atoms with van der Waals surface area (Å²) >= 11 is 0. The lowest BCUT2D eigenvalue weighted by Gasteiger charge is -1.98. The second-order valence-electron chi connectivity index (χ2n) is 2.75. The molecule has 0 unspecified atom stereocenters. The molecule has 1 heterocycles. The number of aliphatic imine (C=N–C) groups is 1. The number of hydrogen-bond donors (Lipinski definition) is 1. The van der Waals surface area contributed by atoms with Crippen molar-refractivity contribution >= 4 is 24.7 Å². The molecule has 1 rings (SSSR count). The standard InChI is InChI=1S/C10H14N4/c1-4-6-8-9(11)14(7-5-2)10(12-3)13-8/h4-5,7H,1,3,6,11H2,2H3/b7-5-. The maximum atomic E-state index is 5.87. The lowest BCUT2D eigenvalue weighted by atomic mass is 10.3. The van der Waals surface area contributed by atoms with Gasteiger partial charge in [-0.1, -0.05) is 12.2 Å². The maximum Gasteiger partial charge on any atom is 0.235 e. The molecule has 14 heavy (non-hydrogen) atoms. The van der Waals surface area contributed by atoms with E-state index in [2.05, 4.69) is 23.3 Å². The first kappa shape index (κ1) is 10.2. The Morgan fingerprint density at radius 3 is 2.86 bits per heavy atom. The van der Waals surface area contributed by atoms with Crippen LogP contribution in [0.5, 0.6) is 0 Å². The normalized spacial score (nSPS) is 10.6. The number of allylic oxidation sites excluding steroid dienone is 2. The van der Waals surface area contributed by atoms with Gasteiger partial charge in [-0.3, -0.25) is 4.57 Å². The van der Waals surface area contributed by atoms with E-state index < -0.39 is 0 Å². The summed E-state index contributed by atoms with van der Waals surface area (Å²) in [4.78, 5) is 8.01. The molecular weight excluding hydrogens is 176 g/mol. The molecule has 0 atom stereocenters. The number of nitrogen functional groups attached to an aromatic ring is 1. The third kappa shape index (κ3) is 1.74. The Morgan fingerprint density at radius 2 is 2.36 bits per heavy atom. The highest BCUT2D eigenvalue weighted by atomic mass is 15.2. The summed E-state index contributed by atoms with van der Waals surface area (Å²) in [6.45, 7) is 8.98. The smallest absolute Gasteiger partial charge is 0.235 e. The number of hydrogen-bond acceptors (Lipinski definition) is 3. The molecule has 1 aromatic heterocycles. The zero-order valence-corrected chi connectivity index (χ0v) is 8.27. The summed E-state index contributed by atoms with van der Waals surface area (Å²) in [6.07, 6.45) is 6.06. The van der Waals surface area contributed by atoms with Crippen molar-refractivity contribution in [1.82, 2.24) is 9.55 Å². The van der Waals surface area contributed by atoms with Crippen LogP contribution in [0.25, 0.3) is 6.20 Å². The molecule has 0 aliphatic rings. The van der Waals surface area contributed by atoms with E-state index in [9.17, 15) is 0 Å². The lowest BCUT2D eigenvalue weighted by molar-refractivity contribution is 1.11. The van der Waals surface area contributed by atoms with Crippen molar-refractivity contribution in [2.45, 2.75) is 13.3 Å². The molecule has 74 valence electrons. The summed E-state index contributed by atoms with van der Waals surface area (Å²) in [5.74, 6) is 1.10. The second-order valence-corrected chi connectivity index (χ2v) is 2.75. The van der Waals surface area contributed by atoms with Gasteiger partial charge in [-0.25, -0.2) is 9.98 Å². The summed E-state index contributed by atoms with van der Waals surface area (Å²) in [5, 5.41) is 0. The van der Waals surface area contributed by atoms with E-state index in [4.69, 9.17) is 5.73 Å². The maximum absolute atomic E-state index is 5.87. The van der Waals surface area contributed by atoms with Gasteiger partial charge >= 0.3 is 0 Å². The fraction of sp³-hybridized carbons (Fsp3) is 0.200. The van der Waals surface area contributed by atoms with Crippen LogP contribution in [0.15, 0.2) is 23.7 Å². The van der Waals surface area contributed by atoms with E-state index in [0.29, 0.717) is 18.2 Å². The minimum Gasteiger partial charge on any atom is -0.383 e. The van der Waals surface area contributed by atoms with Gasteiger partial charge in [0.1, 0.15) is 5.82 Å². The van der Waals surface area contributed by atoms with E-state index in [0.717, 1.165) is 5.69 Å². The summed E-state index contributed by atoms with van der Waals surface area (Å²) in [7, 11) is 0. The van der Waals surface area contributed by atoms with Gasteiger partial charge in [0.15, 0.2) is 0 Å². The first-order chi connectivity index (χ1) is 6.74. The van der Waals surface area contributed by atoms with E-state index in [1.54, 1.807) is 16.8 Å². The van der Waals surface area contributed by atoms with E-state index in [-0.39, 0.29) is 0 Å². The Kier molecular flexibility index (Phi) is 3.23. The van der Waals surface area contributed by atoms with Gasteiger partial charge in [0.25, 0.3) is 0 Å². The number of rotatable bonds is 4. The van der Waals surface area contributed by atoms with Crippen molar-refractivity contribution < 1.29 is 0 Å². The highest BCUT2D eigenvalue weighted by molar-refractivity contribution is 5.55. The van der Waals surface area contributed by atoms with E-state index in [1.807, 2.05) is 13.0 Å². The molecule has 0 aliphatic carbocycles. The van der Waals surface area contributed by atoms with Crippen LogP contribution in [0.3, 0.4) is 0 Å². The van der Waals surface area contributed by atoms with Crippen molar-refractivity contribution in [3.63, 3.8) is 0 Å². The first-order valence-electron chi connectivity index (χ1n) is 4.31. The average Bonchev–Trinajstić information content (AvgIpc) is 2.47. The fourth-order valence-corrected chi connectivity index (χ4v) is 1.17. The number of anilines is 1. The van der Waals surface area contributed by atoms with Crippen LogP contribution in [0.1, 0.15) is 12.6 Å². The zero-order valence-electron chi connectivity index (χ0n) is 8.27. The van der Waals surface area contributed by atoms with Crippen molar-refractivity contribution in [2.75, 3.05) is 5.73 Å². The van der Waals surface area contributed by atoms with Gasteiger partial charge < -0.3 is 5.73 Å². The van der Waals surface area contributed by atoms with Gasteiger partial charge in [-0.2, -0.15) is 0 Å². The van der Waals surface area contributed by atoms with Crippen molar-refractivity contribution in [3.8, 4) is 0 Å². The highest BCUT2D eigenvalue weighted by Gasteiger charge is 2.09. The molecule has 4 nitrogen and oxygen atoms in total. The third-order valence-electron chi connectivity index (χ3n) is 1.78. The predicted octanol–water partition coefficient (Wildman–Crippen LogP) is 2.02. The topological polar surface area (TPSA) is 56.2 Å². The SMILES string of the molecule is C=CCc1nc(N=C)n(/C=C\C)c1N. The van der Waals surface area contributed by atoms with Gasteiger partial charge in [-0.15, -0.1) is 6.58 Å². The summed E-state index contributed by atoms with van der Waals surface area (Å²) in [6, 6.07) is 0. The minimum absolute atomic E-state index is 0.512. The Balaban J connectivity index is 3.24. The average molecular weight is 190 g/mol. The number of imidazole rings is 1. The monoisotopic (exact) mass is 190 g/mol. The Labute approximate surface area is 83.5 Å². The quantitative estimate of drug-likeness (QED) is 0.583. The molecule has 0 fully saturated rings. The molecule has 0 bridgehead atoms. The van der Waals surface area contributed by atoms with Crippen LogP contribution in [-0.2, 0) is 6.42 Å². The molecule has 1 aromatic rings. The second kappa shape index (κ2) is 4.41. The fourth-order valence-electron chi connectivity index (χ4n) is 1.17. The third-order valence-corrected chi connectivity index (χ3v) is 1.78. The van der Waals surface area contributed by atoms with Crippen molar-refractivity contribution in [2.24, 2.45) is 4.99 Å². The van der Waals surface area contributed by atoms with Gasteiger partial charge in [0, 0.05) is 12.6 Å². The van der Waals surface area contributed by atoms with Gasteiger partial charge in [-0.05, 0) is 13.6 Å². The molecule has 4 heteroatoms. The van der Waals surface area contributed by atoms with Crippen LogP contribution in [0.2, 0.25) is 0 Å². The summed E-state index contributed by atoms with van der Waals surface area (Å²) in [5.41, 5.74) is 6.64. The molecule has 0 aliphatic heterocycles. The van der Waals surface area contributed by atoms with E-state index in [1.165, 1.54) is 0 Å². The van der Waals surface area contributed by atoms with Gasteiger partial charge in [0.05, 0.1) is 5.69 Å². The highest BCUT2D eigenvalue weighted by Crippen LogP contribution is 2.21. The predicted molar refractivity (Wildman–Crippen MR) is 60.8 cm³/mol. The molecule has 0 radical (unpaired) electrons. The van der Waals surface area contributed by atoms with E-state index >= 15 is 0 Å². The molecule has 0 saturated carbocycles.